The zero-order valence-electron chi connectivity index (χ0n) is 24.6. The van der Waals surface area contributed by atoms with Crippen molar-refractivity contribution in [2.24, 2.45) is 7.05 Å². The van der Waals surface area contributed by atoms with Crippen molar-refractivity contribution in [1.29, 1.82) is 0 Å². The van der Waals surface area contributed by atoms with Crippen LogP contribution < -0.4 is 4.74 Å². The summed E-state index contributed by atoms with van der Waals surface area (Å²) in [5, 5.41) is 2.27. The van der Waals surface area contributed by atoms with Gasteiger partial charge in [0.2, 0.25) is 0 Å². The first-order valence-electron chi connectivity index (χ1n) is 13.7. The van der Waals surface area contributed by atoms with Gasteiger partial charge < -0.3 is 9.30 Å². The molecular formula is C35H35N4OPt-. The molecule has 6 heteroatoms. The third-order valence-electron chi connectivity index (χ3n) is 7.36. The van der Waals surface area contributed by atoms with Crippen LogP contribution >= 0.6 is 0 Å². The normalized spacial score (nSPS) is 12.1. The van der Waals surface area contributed by atoms with Gasteiger partial charge in [-0.25, -0.2) is 9.55 Å². The predicted octanol–water partition coefficient (Wildman–Crippen LogP) is 8.57. The van der Waals surface area contributed by atoms with Gasteiger partial charge in [-0.1, -0.05) is 77.4 Å². The molecule has 6 aromatic rings. The van der Waals surface area contributed by atoms with E-state index in [1.54, 1.807) is 0 Å². The van der Waals surface area contributed by atoms with Gasteiger partial charge in [0.15, 0.2) is 6.33 Å². The smallest absolute Gasteiger partial charge is 0.163 e. The van der Waals surface area contributed by atoms with Crippen molar-refractivity contribution in [2.75, 3.05) is 0 Å². The predicted molar refractivity (Wildman–Crippen MR) is 163 cm³/mol. The summed E-state index contributed by atoms with van der Waals surface area (Å²) in [7, 11) is 2.01. The van der Waals surface area contributed by atoms with Crippen molar-refractivity contribution >= 4 is 21.8 Å². The number of imidazole rings is 1. The van der Waals surface area contributed by atoms with E-state index < -0.39 is 0 Å². The summed E-state index contributed by atoms with van der Waals surface area (Å²) in [6, 6.07) is 28.1. The molecule has 0 saturated carbocycles. The zero-order chi connectivity index (χ0) is 28.2. The monoisotopic (exact) mass is 722 g/mol. The number of aromatic nitrogens is 4. The molecule has 0 N–H and O–H groups in total. The molecule has 0 aliphatic rings. The van der Waals surface area contributed by atoms with E-state index in [-0.39, 0.29) is 31.9 Å². The van der Waals surface area contributed by atoms with E-state index in [0.717, 1.165) is 33.3 Å². The van der Waals surface area contributed by atoms with Crippen LogP contribution in [0.4, 0.5) is 0 Å². The first-order chi connectivity index (χ1) is 19.0. The van der Waals surface area contributed by atoms with Crippen molar-refractivity contribution in [1.82, 2.24) is 18.7 Å². The van der Waals surface area contributed by atoms with Crippen LogP contribution in [-0.2, 0) is 38.9 Å². The molecule has 0 amide bonds. The molecule has 0 unspecified atom stereocenters. The van der Waals surface area contributed by atoms with Crippen molar-refractivity contribution in [3.8, 4) is 23.0 Å². The van der Waals surface area contributed by atoms with Gasteiger partial charge in [-0.05, 0) is 40.0 Å². The average Bonchev–Trinajstić information content (AvgIpc) is 3.48. The van der Waals surface area contributed by atoms with Gasteiger partial charge in [0.1, 0.15) is 18.2 Å². The van der Waals surface area contributed by atoms with Crippen LogP contribution in [0.25, 0.3) is 33.3 Å². The third-order valence-corrected chi connectivity index (χ3v) is 7.36. The molecule has 0 bridgehead atoms. The van der Waals surface area contributed by atoms with Crippen LogP contribution in [0.2, 0.25) is 0 Å². The van der Waals surface area contributed by atoms with Gasteiger partial charge in [-0.3, -0.25) is 4.57 Å². The van der Waals surface area contributed by atoms with E-state index in [1.165, 1.54) is 11.1 Å². The second-order valence-electron chi connectivity index (χ2n) is 12.5. The maximum Gasteiger partial charge on any atom is 0.163 e. The quantitative estimate of drug-likeness (QED) is 0.171. The summed E-state index contributed by atoms with van der Waals surface area (Å²) in [6.45, 7) is 13.3. The second-order valence-corrected chi connectivity index (χ2v) is 12.5. The Kier molecular flexibility index (Phi) is 7.46. The van der Waals surface area contributed by atoms with E-state index in [0.29, 0.717) is 11.5 Å². The number of fused-ring (bicyclic) bond motifs is 3. The molecule has 0 radical (unpaired) electrons. The largest absolute Gasteiger partial charge is 0.508 e. The summed E-state index contributed by atoms with van der Waals surface area (Å²) in [5.74, 6) is 2.16. The maximum atomic E-state index is 6.49. The molecule has 212 valence electrons. The molecular weight excluding hydrogens is 687 g/mol. The Morgan fingerprint density at radius 2 is 1.54 bits per heavy atom. The Balaban J connectivity index is 0.00000337. The van der Waals surface area contributed by atoms with Gasteiger partial charge in [-0.2, -0.15) is 6.07 Å². The number of nitrogens with zero attached hydrogens (tertiary/aromatic N) is 4. The fraction of sp³-hybridized carbons (Fsp3) is 0.257. The molecule has 3 aromatic heterocycles. The Morgan fingerprint density at radius 3 is 2.24 bits per heavy atom. The molecule has 6 rings (SSSR count). The summed E-state index contributed by atoms with van der Waals surface area (Å²) in [4.78, 5) is 4.79. The average molecular weight is 723 g/mol. The molecule has 3 aromatic carbocycles. The van der Waals surface area contributed by atoms with Crippen molar-refractivity contribution in [2.45, 2.75) is 52.4 Å². The number of aryl methyl sites for hydroxylation is 1. The maximum absolute atomic E-state index is 6.49. The van der Waals surface area contributed by atoms with Crippen molar-refractivity contribution in [3.05, 3.63) is 109 Å². The number of para-hydroxylation sites is 1. The second kappa shape index (κ2) is 10.6. The first kappa shape index (κ1) is 28.8. The van der Waals surface area contributed by atoms with Crippen LogP contribution in [-0.4, -0.2) is 18.7 Å². The molecule has 0 aliphatic carbocycles. The fourth-order valence-corrected chi connectivity index (χ4v) is 5.05. The number of hydrogen-bond donors (Lipinski definition) is 0. The molecule has 0 spiro atoms. The molecule has 41 heavy (non-hydrogen) atoms. The number of ether oxygens (including phenoxy) is 1. The van der Waals surface area contributed by atoms with E-state index in [2.05, 4.69) is 117 Å². The Hall–Kier alpha value is -3.69. The van der Waals surface area contributed by atoms with E-state index in [1.807, 2.05) is 42.6 Å². The molecule has 5 nitrogen and oxygen atoms in total. The number of rotatable bonds is 4. The van der Waals surface area contributed by atoms with Crippen LogP contribution in [0.1, 0.15) is 52.7 Å². The van der Waals surface area contributed by atoms with E-state index in [4.69, 9.17) is 9.72 Å². The van der Waals surface area contributed by atoms with Crippen molar-refractivity contribution in [3.63, 3.8) is 0 Å². The van der Waals surface area contributed by atoms with Crippen LogP contribution in [0.3, 0.4) is 0 Å². The number of hydrogen-bond acceptors (Lipinski definition) is 2. The summed E-state index contributed by atoms with van der Waals surface area (Å²) < 4.78 is 12.8. The summed E-state index contributed by atoms with van der Waals surface area (Å²) in [6.07, 6.45) is 7.96. The van der Waals surface area contributed by atoms with Gasteiger partial charge in [0.25, 0.3) is 0 Å². The standard InChI is InChI=1S/C35H35N4O.Pt/c1-34(2,3)24-14-15-36-33(20-24)39-31-11-9-8-10-29(31)30-13-12-27(22-32(30)39)40-28-19-25(35(4,5)6)18-26(21-28)38-17-16-37(7)23-38;/h8-20,23H,1-7H3;/q-1;. The molecule has 0 fully saturated rings. The fourth-order valence-electron chi connectivity index (χ4n) is 5.05. The molecule has 3 heterocycles. The van der Waals surface area contributed by atoms with E-state index in [9.17, 15) is 0 Å². The third kappa shape index (κ3) is 5.61. The van der Waals surface area contributed by atoms with Crippen LogP contribution in [0.15, 0.2) is 85.6 Å². The zero-order valence-corrected chi connectivity index (χ0v) is 26.9. The minimum atomic E-state index is -0.0544. The Bertz CT molecular complexity index is 1870. The first-order valence-corrected chi connectivity index (χ1v) is 13.7. The van der Waals surface area contributed by atoms with Crippen LogP contribution in [0.5, 0.6) is 11.5 Å². The number of benzene rings is 3. The molecule has 0 aliphatic heterocycles. The molecule has 0 atom stereocenters. The minimum Gasteiger partial charge on any atom is -0.508 e. The van der Waals surface area contributed by atoms with Gasteiger partial charge in [0.05, 0.1) is 0 Å². The summed E-state index contributed by atoms with van der Waals surface area (Å²) in [5.41, 5.74) is 5.32. The molecule has 0 saturated heterocycles. The van der Waals surface area contributed by atoms with Gasteiger partial charge >= 0.3 is 0 Å². The summed E-state index contributed by atoms with van der Waals surface area (Å²) >= 11 is 0. The van der Waals surface area contributed by atoms with E-state index >= 15 is 0 Å². The van der Waals surface area contributed by atoms with Crippen LogP contribution in [0, 0.1) is 12.1 Å². The Labute approximate surface area is 256 Å². The topological polar surface area (TPSA) is 36.9 Å². The van der Waals surface area contributed by atoms with Gasteiger partial charge in [0, 0.05) is 57.0 Å². The minimum absolute atomic E-state index is 0. The SMILES string of the molecule is Cn1ccn(-c2[c-]c(Oc3[c-]c4c(cc3)c3ccccc3n4-c3cc(C(C)(C)C)ccn3)cc(C(C)(C)C)c2)[cH+]1.[Pt]. The van der Waals surface area contributed by atoms with Crippen molar-refractivity contribution < 1.29 is 25.8 Å². The Morgan fingerprint density at radius 1 is 0.780 bits per heavy atom. The number of pyridine rings is 1. The van der Waals surface area contributed by atoms with Gasteiger partial charge in [-0.15, -0.1) is 29.1 Å².